The molecule has 0 saturated heterocycles. The van der Waals surface area contributed by atoms with E-state index in [2.05, 4.69) is 11.6 Å². The van der Waals surface area contributed by atoms with Crippen LogP contribution in [-0.2, 0) is 4.79 Å². The highest BCUT2D eigenvalue weighted by atomic mass is 35.5. The third kappa shape index (κ3) is 68.5. The molecule has 0 fully saturated rings. The van der Waals surface area contributed by atoms with Crippen LogP contribution in [0.2, 0.25) is 0 Å². The van der Waals surface area contributed by atoms with Gasteiger partial charge in [-0.15, -0.1) is 0 Å². The fourth-order valence-electron chi connectivity index (χ4n) is 0. The molecular weight excluding hydrogens is 101 g/mol. The Kier molecular flexibility index (Phi) is 38.1. The first kappa shape index (κ1) is 9.07. The molecule has 0 atom stereocenters. The first-order chi connectivity index (χ1) is 2.83. The monoisotopic (exact) mass is 105 g/mol. The molecule has 0 aliphatic rings. The first-order valence-electron chi connectivity index (χ1n) is 1.18. The van der Waals surface area contributed by atoms with E-state index in [4.69, 9.17) is 10.1 Å². The van der Waals surface area contributed by atoms with Gasteiger partial charge in [0.1, 0.15) is 0 Å². The number of carbonyl (C=O) groups is 1. The van der Waals surface area contributed by atoms with Crippen LogP contribution in [-0.4, -0.2) is 5.75 Å². The van der Waals surface area contributed by atoms with Crippen molar-refractivity contribution in [1.82, 2.24) is 0 Å². The third-order valence-corrected chi connectivity index (χ3v) is 0. The van der Waals surface area contributed by atoms with Crippen LogP contribution >= 0.6 is 11.6 Å². The maximum atomic E-state index is 8.57. The van der Waals surface area contributed by atoms with Gasteiger partial charge in [-0.1, -0.05) is 0 Å². The molecule has 0 aromatic carbocycles. The molecule has 0 aromatic heterocycles. The lowest BCUT2D eigenvalue weighted by Crippen LogP contribution is -1.24. The maximum Gasteiger partial charge on any atom is 0.208 e. The molecule has 0 aliphatic carbocycles. The van der Waals surface area contributed by atoms with Crippen molar-refractivity contribution < 1.29 is 4.79 Å². The summed E-state index contributed by atoms with van der Waals surface area (Å²) in [7, 11) is 0. The number of hydrogen-bond donors (Lipinski definition) is 0. The second-order valence-corrected chi connectivity index (χ2v) is 0.491. The van der Waals surface area contributed by atoms with Gasteiger partial charge in [0.2, 0.25) is 5.75 Å². The first-order valence-corrected chi connectivity index (χ1v) is 1.61. The summed E-state index contributed by atoms with van der Waals surface area (Å²) < 4.78 is 0. The van der Waals surface area contributed by atoms with Crippen molar-refractivity contribution in [3.63, 3.8) is 0 Å². The van der Waals surface area contributed by atoms with Crippen molar-refractivity contribution in [3.05, 3.63) is 0 Å². The lowest BCUT2D eigenvalue weighted by molar-refractivity contribution is 0.569. The number of hydrogen-bond acceptors (Lipinski definition) is 2. The van der Waals surface area contributed by atoms with E-state index in [1.54, 1.807) is 6.07 Å². The molecule has 0 saturated carbocycles. The van der Waals surface area contributed by atoms with Crippen molar-refractivity contribution in [3.8, 4) is 6.07 Å². The van der Waals surface area contributed by atoms with E-state index in [1.807, 2.05) is 0 Å². The number of nitrogens with zero attached hydrogens (tertiary/aromatic N) is 1. The van der Waals surface area contributed by atoms with Crippen LogP contribution in [0.4, 0.5) is 0 Å². The minimum Gasteiger partial charge on any atom is -0.285 e. The van der Waals surface area contributed by atoms with Crippen LogP contribution in [0.5, 0.6) is 0 Å². The van der Waals surface area contributed by atoms with Crippen molar-refractivity contribution in [2.24, 2.45) is 0 Å². The Morgan fingerprint density at radius 2 is 2.00 bits per heavy atom. The van der Waals surface area contributed by atoms with Crippen LogP contribution < -0.4 is 0 Å². The van der Waals surface area contributed by atoms with Gasteiger partial charge in [-0.2, -0.15) is 5.26 Å². The molecular formula is C3H4ClNO. The zero-order chi connectivity index (χ0) is 5.41. The van der Waals surface area contributed by atoms with Gasteiger partial charge >= 0.3 is 0 Å². The van der Waals surface area contributed by atoms with Gasteiger partial charge in [0.25, 0.3) is 0 Å². The predicted octanol–water partition coefficient (Wildman–Crippen LogP) is 0.945. The summed E-state index contributed by atoms with van der Waals surface area (Å²) in [6, 6.07) is 1.75. The molecule has 0 aromatic rings. The van der Waals surface area contributed by atoms with E-state index in [1.165, 1.54) is 6.92 Å². The molecule has 0 bridgehead atoms. The van der Waals surface area contributed by atoms with E-state index < -0.39 is 0 Å². The van der Waals surface area contributed by atoms with E-state index >= 15 is 0 Å². The predicted molar refractivity (Wildman–Crippen MR) is 23.9 cm³/mol. The van der Waals surface area contributed by atoms with Gasteiger partial charge in [0, 0.05) is 6.92 Å². The van der Waals surface area contributed by atoms with Gasteiger partial charge in [-0.25, -0.2) is 0 Å². The van der Waals surface area contributed by atoms with Gasteiger partial charge in [0.05, 0.1) is 6.07 Å². The Morgan fingerprint density at radius 3 is 2.00 bits per heavy atom. The Morgan fingerprint density at radius 1 is 2.00 bits per heavy atom. The van der Waals surface area contributed by atoms with Gasteiger partial charge in [-0.05, 0) is 11.6 Å². The second-order valence-electron chi connectivity index (χ2n) is 0.313. The highest BCUT2D eigenvalue weighted by Crippen LogP contribution is 1.42. The molecule has 2 nitrogen and oxygen atoms in total. The zero-order valence-corrected chi connectivity index (χ0v) is 4.07. The topological polar surface area (TPSA) is 40.9 Å². The molecule has 6 heavy (non-hydrogen) atoms. The number of halogens is 1. The fraction of sp³-hybridized carbons (Fsp3) is 0.333. The van der Waals surface area contributed by atoms with Crippen molar-refractivity contribution >= 4 is 17.3 Å². The summed E-state index contributed by atoms with van der Waals surface area (Å²) in [6.07, 6.45) is 0. The molecule has 0 radical (unpaired) electrons. The van der Waals surface area contributed by atoms with Crippen molar-refractivity contribution in [1.29, 1.82) is 5.26 Å². The zero-order valence-electron chi connectivity index (χ0n) is 3.31. The normalized spacial score (nSPS) is 3.50. The van der Waals surface area contributed by atoms with Gasteiger partial charge in [-0.3, -0.25) is 4.79 Å². The summed E-state index contributed by atoms with van der Waals surface area (Å²) in [5.41, 5.74) is 0. The lowest BCUT2D eigenvalue weighted by atomic mass is 11.0. The van der Waals surface area contributed by atoms with E-state index in [0.717, 1.165) is 0 Å². The summed E-state index contributed by atoms with van der Waals surface area (Å²) in [5, 5.41) is 7.32. The average molecular weight is 106 g/mol. The van der Waals surface area contributed by atoms with Crippen LogP contribution in [0.1, 0.15) is 6.92 Å². The van der Waals surface area contributed by atoms with Gasteiger partial charge < -0.3 is 0 Å². The number of rotatable bonds is 0. The van der Waals surface area contributed by atoms with Crippen molar-refractivity contribution in [2.45, 2.75) is 6.92 Å². The molecule has 3 heteroatoms. The molecule has 0 rings (SSSR count). The Bertz CT molecular complexity index is 56.3. The van der Waals surface area contributed by atoms with E-state index in [9.17, 15) is 0 Å². The standard InChI is InChI=1S/C2H3N.CHClO/c1-2-3;2-1-3/h1H3;1H. The number of carbonyl (C=O) groups excluding carboxylic acids is 1. The molecule has 0 heterocycles. The second kappa shape index (κ2) is 25.2. The average Bonchev–Trinajstić information content (AvgIpc) is 1.39. The van der Waals surface area contributed by atoms with E-state index in [-0.39, 0.29) is 5.75 Å². The lowest BCUT2D eigenvalue weighted by Gasteiger charge is -1.20. The highest BCUT2D eigenvalue weighted by molar-refractivity contribution is 6.54. The number of nitriles is 1. The summed E-state index contributed by atoms with van der Waals surface area (Å²) in [5.74, 6) is 0.222. The largest absolute Gasteiger partial charge is 0.285 e. The molecule has 0 amide bonds. The fourth-order valence-corrected chi connectivity index (χ4v) is 0. The maximum absolute atomic E-state index is 8.57. The molecule has 0 unspecified atom stereocenters. The smallest absolute Gasteiger partial charge is 0.208 e. The minimum absolute atomic E-state index is 0.222. The Hall–Kier alpha value is -0.550. The minimum atomic E-state index is 0.222. The SMILES string of the molecule is CC#N.O=CCl. The van der Waals surface area contributed by atoms with Crippen LogP contribution in [0.25, 0.3) is 0 Å². The van der Waals surface area contributed by atoms with Crippen LogP contribution in [0.3, 0.4) is 0 Å². The van der Waals surface area contributed by atoms with E-state index in [0.29, 0.717) is 0 Å². The van der Waals surface area contributed by atoms with Crippen molar-refractivity contribution in [2.75, 3.05) is 0 Å². The van der Waals surface area contributed by atoms with Crippen LogP contribution in [0, 0.1) is 11.3 Å². The summed E-state index contributed by atoms with van der Waals surface area (Å²) in [6.45, 7) is 1.43. The highest BCUT2D eigenvalue weighted by Gasteiger charge is 1.28. The Labute approximate surface area is 41.3 Å². The van der Waals surface area contributed by atoms with Gasteiger partial charge in [0.15, 0.2) is 0 Å². The summed E-state index contributed by atoms with van der Waals surface area (Å²) in [4.78, 5) is 8.57. The third-order valence-electron chi connectivity index (χ3n) is 0. The quantitative estimate of drug-likeness (QED) is 0.340. The molecule has 0 N–H and O–H groups in total. The molecule has 0 aliphatic heterocycles. The summed E-state index contributed by atoms with van der Waals surface area (Å²) >= 11 is 4.32. The Balaban J connectivity index is 0. The van der Waals surface area contributed by atoms with Crippen LogP contribution in [0.15, 0.2) is 0 Å². The molecule has 0 spiro atoms. The molecule has 34 valence electrons.